The lowest BCUT2D eigenvalue weighted by Crippen LogP contribution is -2.07. The van der Waals surface area contributed by atoms with Crippen molar-refractivity contribution in [1.29, 1.82) is 0 Å². The number of aryl methyl sites for hydroxylation is 2. The number of hydrogen-bond acceptors (Lipinski definition) is 3. The molecule has 0 fully saturated rings. The minimum absolute atomic E-state index is 0.148. The summed E-state index contributed by atoms with van der Waals surface area (Å²) in [5.74, 6) is 0.850. The van der Waals surface area contributed by atoms with Gasteiger partial charge in [0.05, 0.1) is 11.7 Å². The van der Waals surface area contributed by atoms with Crippen LogP contribution in [0.5, 0.6) is 0 Å². The summed E-state index contributed by atoms with van der Waals surface area (Å²) in [4.78, 5) is 2.98. The summed E-state index contributed by atoms with van der Waals surface area (Å²) in [6.07, 6.45) is 3.76. The Labute approximate surface area is 92.9 Å². The second kappa shape index (κ2) is 3.66. The van der Waals surface area contributed by atoms with Crippen LogP contribution in [0.25, 0.3) is 0 Å². The maximum absolute atomic E-state index is 5.18. The first-order chi connectivity index (χ1) is 7.11. The van der Waals surface area contributed by atoms with Crippen LogP contribution in [0.1, 0.15) is 30.0 Å². The highest BCUT2D eigenvalue weighted by molar-refractivity contribution is 7.71. The van der Waals surface area contributed by atoms with Crippen molar-refractivity contribution in [1.82, 2.24) is 14.7 Å². The van der Waals surface area contributed by atoms with Crippen LogP contribution in [0.15, 0.2) is 16.9 Å². The van der Waals surface area contributed by atoms with Gasteiger partial charge in [0, 0.05) is 18.0 Å². The first-order valence-corrected chi connectivity index (χ1v) is 5.20. The summed E-state index contributed by atoms with van der Waals surface area (Å²) in [6.45, 7) is 5.94. The molecule has 1 unspecified atom stereocenters. The second-order valence-corrected chi connectivity index (χ2v) is 3.97. The van der Waals surface area contributed by atoms with Gasteiger partial charge < -0.3 is 14.1 Å². The van der Waals surface area contributed by atoms with Crippen molar-refractivity contribution in [3.63, 3.8) is 0 Å². The molecule has 2 aromatic heterocycles. The molecule has 1 atom stereocenters. The van der Waals surface area contributed by atoms with Crippen molar-refractivity contribution >= 4 is 12.2 Å². The zero-order valence-electron chi connectivity index (χ0n) is 8.94. The lowest BCUT2D eigenvalue weighted by molar-refractivity contribution is 0.391. The Morgan fingerprint density at radius 1 is 1.53 bits per heavy atom. The Morgan fingerprint density at radius 3 is 2.73 bits per heavy atom. The normalized spacial score (nSPS) is 13.0. The molecule has 0 aliphatic carbocycles. The Hall–Kier alpha value is -1.36. The predicted octanol–water partition coefficient (Wildman–Crippen LogP) is 2.76. The molecule has 0 radical (unpaired) electrons. The fourth-order valence-electron chi connectivity index (χ4n) is 1.86. The molecule has 2 heterocycles. The van der Waals surface area contributed by atoms with E-state index >= 15 is 0 Å². The third-order valence-electron chi connectivity index (χ3n) is 2.60. The largest absolute Gasteiger partial charge is 0.361 e. The van der Waals surface area contributed by atoms with Crippen LogP contribution in [0.2, 0.25) is 0 Å². The van der Waals surface area contributed by atoms with Gasteiger partial charge in [0.15, 0.2) is 4.77 Å². The van der Waals surface area contributed by atoms with E-state index in [2.05, 4.69) is 17.1 Å². The Morgan fingerprint density at radius 2 is 2.27 bits per heavy atom. The molecule has 0 aliphatic heterocycles. The molecule has 0 aliphatic rings. The van der Waals surface area contributed by atoms with Gasteiger partial charge in [0.1, 0.15) is 5.76 Å². The van der Waals surface area contributed by atoms with Crippen LogP contribution < -0.4 is 0 Å². The van der Waals surface area contributed by atoms with E-state index < -0.39 is 0 Å². The fourth-order valence-corrected chi connectivity index (χ4v) is 2.15. The van der Waals surface area contributed by atoms with Crippen LogP contribution >= 0.6 is 12.2 Å². The van der Waals surface area contributed by atoms with E-state index in [1.807, 2.05) is 30.8 Å². The lowest BCUT2D eigenvalue weighted by atomic mass is 10.1. The summed E-state index contributed by atoms with van der Waals surface area (Å²) in [7, 11) is 0. The van der Waals surface area contributed by atoms with Crippen molar-refractivity contribution in [2.45, 2.75) is 26.8 Å². The highest BCUT2D eigenvalue weighted by Gasteiger charge is 2.17. The summed E-state index contributed by atoms with van der Waals surface area (Å²) < 4.78 is 7.85. The molecule has 80 valence electrons. The van der Waals surface area contributed by atoms with E-state index in [-0.39, 0.29) is 6.04 Å². The summed E-state index contributed by atoms with van der Waals surface area (Å²) >= 11 is 5.18. The molecule has 0 amide bonds. The van der Waals surface area contributed by atoms with Gasteiger partial charge in [-0.15, -0.1) is 0 Å². The number of H-pyrrole nitrogens is 1. The molecule has 0 saturated heterocycles. The van der Waals surface area contributed by atoms with Crippen LogP contribution in [-0.2, 0) is 0 Å². The van der Waals surface area contributed by atoms with E-state index in [4.69, 9.17) is 16.7 Å². The van der Waals surface area contributed by atoms with Crippen LogP contribution in [0.3, 0.4) is 0 Å². The fraction of sp³-hybridized carbons (Fsp3) is 0.400. The van der Waals surface area contributed by atoms with Crippen molar-refractivity contribution in [3.05, 3.63) is 34.2 Å². The number of aromatic nitrogens is 3. The first kappa shape index (κ1) is 10.2. The molecule has 2 aromatic rings. The van der Waals surface area contributed by atoms with E-state index in [1.165, 1.54) is 0 Å². The van der Waals surface area contributed by atoms with Crippen molar-refractivity contribution in [3.8, 4) is 0 Å². The average Bonchev–Trinajstić information content (AvgIpc) is 2.73. The standard InChI is InChI=1S/C10H13N3OS/c1-6-9(8(3)14-12-6)7(2)13-5-4-11-10(13)15/h4-5,7H,1-3H3,(H,11,15). The maximum Gasteiger partial charge on any atom is 0.177 e. The first-order valence-electron chi connectivity index (χ1n) is 4.79. The van der Waals surface area contributed by atoms with Crippen molar-refractivity contribution in [2.75, 3.05) is 0 Å². The van der Waals surface area contributed by atoms with Gasteiger partial charge in [-0.25, -0.2) is 0 Å². The maximum atomic E-state index is 5.18. The van der Waals surface area contributed by atoms with Gasteiger partial charge in [0.25, 0.3) is 0 Å². The van der Waals surface area contributed by atoms with Gasteiger partial charge >= 0.3 is 0 Å². The van der Waals surface area contributed by atoms with E-state index in [1.54, 1.807) is 0 Å². The summed E-state index contributed by atoms with van der Waals surface area (Å²) in [5, 5.41) is 3.94. The van der Waals surface area contributed by atoms with Gasteiger partial charge in [-0.05, 0) is 33.0 Å². The van der Waals surface area contributed by atoms with E-state index in [0.717, 1.165) is 17.0 Å². The lowest BCUT2D eigenvalue weighted by Gasteiger charge is -2.12. The van der Waals surface area contributed by atoms with Crippen LogP contribution in [0.4, 0.5) is 0 Å². The van der Waals surface area contributed by atoms with Crippen LogP contribution in [0, 0.1) is 18.6 Å². The molecule has 0 aromatic carbocycles. The monoisotopic (exact) mass is 223 g/mol. The Kier molecular flexibility index (Phi) is 2.48. The SMILES string of the molecule is Cc1noc(C)c1C(C)n1cc[nH]c1=S. The smallest absolute Gasteiger partial charge is 0.177 e. The van der Waals surface area contributed by atoms with E-state index in [9.17, 15) is 0 Å². The summed E-state index contributed by atoms with van der Waals surface area (Å²) in [6, 6.07) is 0.148. The average molecular weight is 223 g/mol. The molecule has 2 rings (SSSR count). The predicted molar refractivity (Wildman–Crippen MR) is 59.4 cm³/mol. The summed E-state index contributed by atoms with van der Waals surface area (Å²) in [5.41, 5.74) is 2.02. The zero-order chi connectivity index (χ0) is 11.0. The number of imidazole rings is 1. The molecule has 4 nitrogen and oxygen atoms in total. The number of rotatable bonds is 2. The molecule has 1 N–H and O–H groups in total. The molecular weight excluding hydrogens is 210 g/mol. The highest BCUT2D eigenvalue weighted by atomic mass is 32.1. The molecule has 0 saturated carbocycles. The number of aromatic amines is 1. The third-order valence-corrected chi connectivity index (χ3v) is 2.93. The number of hydrogen-bond donors (Lipinski definition) is 1. The Balaban J connectivity index is 2.49. The van der Waals surface area contributed by atoms with Crippen LogP contribution in [-0.4, -0.2) is 14.7 Å². The minimum atomic E-state index is 0.148. The third kappa shape index (κ3) is 1.63. The van der Waals surface area contributed by atoms with Gasteiger partial charge in [-0.2, -0.15) is 0 Å². The minimum Gasteiger partial charge on any atom is -0.361 e. The molecular formula is C10H13N3OS. The van der Waals surface area contributed by atoms with Crippen molar-refractivity contribution in [2.24, 2.45) is 0 Å². The zero-order valence-corrected chi connectivity index (χ0v) is 9.76. The molecule has 0 bridgehead atoms. The molecule has 5 heteroatoms. The Bertz CT molecular complexity index is 503. The molecule has 0 spiro atoms. The van der Waals surface area contributed by atoms with Crippen molar-refractivity contribution < 1.29 is 4.52 Å². The number of nitrogens with one attached hydrogen (secondary N) is 1. The molecule has 15 heavy (non-hydrogen) atoms. The quantitative estimate of drug-likeness (QED) is 0.796. The second-order valence-electron chi connectivity index (χ2n) is 3.59. The number of nitrogens with zero attached hydrogens (tertiary/aromatic N) is 2. The topological polar surface area (TPSA) is 46.8 Å². The highest BCUT2D eigenvalue weighted by Crippen LogP contribution is 2.24. The van der Waals surface area contributed by atoms with Gasteiger partial charge in [0.2, 0.25) is 0 Å². The van der Waals surface area contributed by atoms with Gasteiger partial charge in [-0.1, -0.05) is 5.16 Å². The van der Waals surface area contributed by atoms with Gasteiger partial charge in [-0.3, -0.25) is 0 Å². The van der Waals surface area contributed by atoms with E-state index in [0.29, 0.717) is 4.77 Å².